The first-order valence-electron chi connectivity index (χ1n) is 5.62. The van der Waals surface area contributed by atoms with Crippen LogP contribution in [0.2, 0.25) is 0 Å². The fraction of sp³-hybridized carbons (Fsp3) is 0. The second-order valence-electron chi connectivity index (χ2n) is 3.97. The summed E-state index contributed by atoms with van der Waals surface area (Å²) < 4.78 is 2.43. The van der Waals surface area contributed by atoms with E-state index < -0.39 is 0 Å². The minimum atomic E-state index is 0. The van der Waals surface area contributed by atoms with Crippen molar-refractivity contribution in [3.8, 4) is 10.0 Å². The Bertz CT molecular complexity index is 712. The Kier molecular flexibility index (Phi) is 4.70. The van der Waals surface area contributed by atoms with Gasteiger partial charge in [0.2, 0.25) is 0 Å². The Hall–Kier alpha value is -1.08. The molecule has 2 heterocycles. The van der Waals surface area contributed by atoms with Crippen LogP contribution in [-0.2, 0) is 0 Å². The van der Waals surface area contributed by atoms with Gasteiger partial charge in [-0.15, -0.1) is 22.7 Å². The molecule has 0 radical (unpaired) electrons. The lowest BCUT2D eigenvalue weighted by Gasteiger charge is -1.83. The standard InChI is InChI=1S/C14H8N2S2.2H2S/c1-3-7-11-9(5-1)15-13(17-11)14-16-10-6-2-4-8-12(10)18-14;;/h1-8H;2*1H2. The molecule has 4 aromatic rings. The number of hydrogen-bond acceptors (Lipinski definition) is 4. The monoisotopic (exact) mass is 336 g/mol. The van der Waals surface area contributed by atoms with Crippen molar-refractivity contribution in [3.05, 3.63) is 48.5 Å². The largest absolute Gasteiger partial charge is 0.233 e. The van der Waals surface area contributed by atoms with Gasteiger partial charge in [-0.05, 0) is 24.3 Å². The summed E-state index contributed by atoms with van der Waals surface area (Å²) in [7, 11) is 0. The molecule has 0 aliphatic carbocycles. The van der Waals surface area contributed by atoms with Gasteiger partial charge in [-0.25, -0.2) is 9.97 Å². The normalized spacial score (nSPS) is 10.2. The molecule has 102 valence electrons. The van der Waals surface area contributed by atoms with Gasteiger partial charge in [-0.1, -0.05) is 24.3 Å². The van der Waals surface area contributed by atoms with Crippen molar-refractivity contribution in [1.29, 1.82) is 0 Å². The maximum Gasteiger partial charge on any atom is 0.153 e. The van der Waals surface area contributed by atoms with E-state index in [2.05, 4.69) is 22.1 Å². The summed E-state index contributed by atoms with van der Waals surface area (Å²) in [5.74, 6) is 0. The van der Waals surface area contributed by atoms with Crippen LogP contribution >= 0.6 is 49.7 Å². The molecular weight excluding hydrogens is 324 g/mol. The van der Waals surface area contributed by atoms with E-state index in [1.165, 1.54) is 9.40 Å². The molecule has 4 rings (SSSR count). The average Bonchev–Trinajstić information content (AvgIpc) is 3.02. The summed E-state index contributed by atoms with van der Waals surface area (Å²) in [4.78, 5) is 9.29. The van der Waals surface area contributed by atoms with Crippen molar-refractivity contribution in [2.24, 2.45) is 0 Å². The number of rotatable bonds is 1. The average molecular weight is 337 g/mol. The Labute approximate surface area is 138 Å². The second-order valence-corrected chi connectivity index (χ2v) is 6.03. The molecule has 20 heavy (non-hydrogen) atoms. The maximum absolute atomic E-state index is 4.64. The minimum absolute atomic E-state index is 0. The molecule has 0 saturated carbocycles. The Morgan fingerprint density at radius 2 is 1.00 bits per heavy atom. The van der Waals surface area contributed by atoms with Gasteiger partial charge in [-0.2, -0.15) is 27.0 Å². The van der Waals surface area contributed by atoms with Crippen LogP contribution in [-0.4, -0.2) is 9.97 Å². The quantitative estimate of drug-likeness (QED) is 0.499. The van der Waals surface area contributed by atoms with E-state index in [1.54, 1.807) is 22.7 Å². The van der Waals surface area contributed by atoms with E-state index in [4.69, 9.17) is 0 Å². The summed E-state index contributed by atoms with van der Waals surface area (Å²) >= 11 is 3.40. The molecule has 0 spiro atoms. The predicted octanol–water partition coefficient (Wildman–Crippen LogP) is 4.80. The molecule has 0 amide bonds. The van der Waals surface area contributed by atoms with Crippen LogP contribution < -0.4 is 0 Å². The molecule has 0 bridgehead atoms. The Balaban J connectivity index is 0.000000735. The highest BCUT2D eigenvalue weighted by Gasteiger charge is 2.10. The van der Waals surface area contributed by atoms with Gasteiger partial charge >= 0.3 is 0 Å². The Morgan fingerprint density at radius 1 is 0.600 bits per heavy atom. The van der Waals surface area contributed by atoms with Crippen LogP contribution in [0.3, 0.4) is 0 Å². The van der Waals surface area contributed by atoms with Gasteiger partial charge < -0.3 is 0 Å². The molecule has 2 nitrogen and oxygen atoms in total. The zero-order valence-corrected chi connectivity index (χ0v) is 14.0. The fourth-order valence-corrected chi connectivity index (χ4v) is 3.88. The van der Waals surface area contributed by atoms with Gasteiger partial charge in [0.1, 0.15) is 0 Å². The molecule has 0 saturated heterocycles. The Morgan fingerprint density at radius 3 is 1.40 bits per heavy atom. The zero-order valence-electron chi connectivity index (χ0n) is 10.3. The molecule has 6 heteroatoms. The first-order valence-corrected chi connectivity index (χ1v) is 7.25. The number of aromatic nitrogens is 2. The molecule has 0 aliphatic heterocycles. The number of hydrogen-bond donors (Lipinski definition) is 0. The number of thiazole rings is 2. The van der Waals surface area contributed by atoms with E-state index in [-0.39, 0.29) is 27.0 Å². The SMILES string of the molecule is S.S.c1ccc2sc(-c3nc4ccccc4s3)nc2c1. The number of para-hydroxylation sites is 2. The highest BCUT2D eigenvalue weighted by Crippen LogP contribution is 2.34. The zero-order chi connectivity index (χ0) is 11.9. The van der Waals surface area contributed by atoms with Gasteiger partial charge in [0.25, 0.3) is 0 Å². The van der Waals surface area contributed by atoms with Gasteiger partial charge in [0.15, 0.2) is 10.0 Å². The van der Waals surface area contributed by atoms with E-state index in [0.29, 0.717) is 0 Å². The van der Waals surface area contributed by atoms with Crippen LogP contribution in [0, 0.1) is 0 Å². The van der Waals surface area contributed by atoms with E-state index in [1.807, 2.05) is 36.4 Å². The van der Waals surface area contributed by atoms with Crippen molar-refractivity contribution in [1.82, 2.24) is 9.97 Å². The van der Waals surface area contributed by atoms with Crippen molar-refractivity contribution in [2.75, 3.05) is 0 Å². The van der Waals surface area contributed by atoms with Gasteiger partial charge in [0.05, 0.1) is 20.4 Å². The second kappa shape index (κ2) is 6.13. The molecule has 0 unspecified atom stereocenters. The predicted molar refractivity (Wildman–Crippen MR) is 99.0 cm³/mol. The van der Waals surface area contributed by atoms with Crippen molar-refractivity contribution in [2.45, 2.75) is 0 Å². The summed E-state index contributed by atoms with van der Waals surface area (Å²) in [5, 5.41) is 2.02. The van der Waals surface area contributed by atoms with Gasteiger partial charge in [-0.3, -0.25) is 0 Å². The smallest absolute Gasteiger partial charge is 0.153 e. The molecule has 2 aromatic heterocycles. The number of fused-ring (bicyclic) bond motifs is 2. The molecular formula is C14H12N2S4. The lowest BCUT2D eigenvalue weighted by Crippen LogP contribution is -1.72. The summed E-state index contributed by atoms with van der Waals surface area (Å²) in [6.07, 6.45) is 0. The van der Waals surface area contributed by atoms with Crippen molar-refractivity contribution in [3.63, 3.8) is 0 Å². The van der Waals surface area contributed by atoms with Crippen molar-refractivity contribution >= 4 is 70.1 Å². The first kappa shape index (κ1) is 15.3. The van der Waals surface area contributed by atoms with Crippen molar-refractivity contribution < 1.29 is 0 Å². The third-order valence-electron chi connectivity index (χ3n) is 2.77. The highest BCUT2D eigenvalue weighted by atomic mass is 32.1. The minimum Gasteiger partial charge on any atom is -0.233 e. The van der Waals surface area contributed by atoms with E-state index >= 15 is 0 Å². The maximum atomic E-state index is 4.64. The van der Waals surface area contributed by atoms with E-state index in [0.717, 1.165) is 21.0 Å². The molecule has 0 N–H and O–H groups in total. The van der Waals surface area contributed by atoms with Crippen LogP contribution in [0.1, 0.15) is 0 Å². The molecule has 0 atom stereocenters. The number of nitrogens with zero attached hydrogens (tertiary/aromatic N) is 2. The van der Waals surface area contributed by atoms with Crippen LogP contribution in [0.4, 0.5) is 0 Å². The first-order chi connectivity index (χ1) is 8.90. The topological polar surface area (TPSA) is 25.8 Å². The third kappa shape index (κ3) is 2.56. The van der Waals surface area contributed by atoms with Crippen LogP contribution in [0.25, 0.3) is 30.4 Å². The molecule has 0 fully saturated rings. The third-order valence-corrected chi connectivity index (χ3v) is 4.99. The fourth-order valence-electron chi connectivity index (χ4n) is 1.93. The van der Waals surface area contributed by atoms with Crippen LogP contribution in [0.15, 0.2) is 48.5 Å². The number of benzene rings is 2. The van der Waals surface area contributed by atoms with Gasteiger partial charge in [0, 0.05) is 0 Å². The van der Waals surface area contributed by atoms with E-state index in [9.17, 15) is 0 Å². The summed E-state index contributed by atoms with van der Waals surface area (Å²) in [5.41, 5.74) is 2.11. The molecule has 2 aromatic carbocycles. The summed E-state index contributed by atoms with van der Waals surface area (Å²) in [6, 6.07) is 16.4. The summed E-state index contributed by atoms with van der Waals surface area (Å²) in [6.45, 7) is 0. The molecule has 0 aliphatic rings. The highest BCUT2D eigenvalue weighted by molar-refractivity contribution is 7.59. The van der Waals surface area contributed by atoms with Crippen LogP contribution in [0.5, 0.6) is 0 Å². The lowest BCUT2D eigenvalue weighted by molar-refractivity contribution is 1.42. The lowest BCUT2D eigenvalue weighted by atomic mass is 10.3.